The smallest absolute Gasteiger partial charge is 0.492 e. The van der Waals surface area contributed by atoms with Crippen molar-refractivity contribution in [1.29, 1.82) is 0 Å². The SMILES string of the molecule is CNCCOc1cccc2c1CN(S(=O)(=O)C(F)(F)F)C[C@H](CCC1CCCC1)N2Cc1cc(N)ccn1. The summed E-state index contributed by atoms with van der Waals surface area (Å²) >= 11 is 0. The number of rotatable bonds is 10. The van der Waals surface area contributed by atoms with Gasteiger partial charge in [0.05, 0.1) is 12.2 Å². The lowest BCUT2D eigenvalue weighted by Gasteiger charge is -2.35. The summed E-state index contributed by atoms with van der Waals surface area (Å²) in [5.74, 6) is 0.857. The van der Waals surface area contributed by atoms with Crippen LogP contribution in [0.5, 0.6) is 5.75 Å². The van der Waals surface area contributed by atoms with Gasteiger partial charge in [0.2, 0.25) is 0 Å². The van der Waals surface area contributed by atoms with Gasteiger partial charge in [-0.25, -0.2) is 8.42 Å². The van der Waals surface area contributed by atoms with E-state index in [0.29, 0.717) is 51.6 Å². The highest BCUT2D eigenvalue weighted by Crippen LogP contribution is 2.40. The van der Waals surface area contributed by atoms with Crippen LogP contribution in [-0.4, -0.2) is 56.0 Å². The molecule has 1 fully saturated rings. The summed E-state index contributed by atoms with van der Waals surface area (Å²) < 4.78 is 73.5. The number of aromatic nitrogens is 1. The van der Waals surface area contributed by atoms with Crippen molar-refractivity contribution in [3.05, 3.63) is 47.8 Å². The summed E-state index contributed by atoms with van der Waals surface area (Å²) in [5, 5.41) is 2.97. The van der Waals surface area contributed by atoms with E-state index in [9.17, 15) is 21.6 Å². The zero-order valence-corrected chi connectivity index (χ0v) is 22.4. The average molecular weight is 556 g/mol. The second-order valence-electron chi connectivity index (χ2n) is 10.0. The van der Waals surface area contributed by atoms with Gasteiger partial charge in [-0.3, -0.25) is 4.98 Å². The van der Waals surface area contributed by atoms with Crippen molar-refractivity contribution in [3.8, 4) is 5.75 Å². The Bertz CT molecular complexity index is 1190. The normalized spacial score (nSPS) is 19.4. The third-order valence-electron chi connectivity index (χ3n) is 7.41. The highest BCUT2D eigenvalue weighted by Gasteiger charge is 2.51. The molecular formula is C26H36F3N5O3S. The van der Waals surface area contributed by atoms with Crippen LogP contribution < -0.4 is 20.7 Å². The predicted octanol–water partition coefficient (Wildman–Crippen LogP) is 4.27. The van der Waals surface area contributed by atoms with Gasteiger partial charge in [0, 0.05) is 48.8 Å². The molecule has 0 bridgehead atoms. The van der Waals surface area contributed by atoms with Crippen molar-refractivity contribution < 1.29 is 26.3 Å². The Morgan fingerprint density at radius 3 is 2.63 bits per heavy atom. The largest absolute Gasteiger partial charge is 0.511 e. The molecule has 1 saturated carbocycles. The van der Waals surface area contributed by atoms with Gasteiger partial charge in [-0.15, -0.1) is 0 Å². The number of pyridine rings is 1. The molecule has 0 spiro atoms. The topological polar surface area (TPSA) is 101 Å². The Kier molecular flexibility index (Phi) is 9.04. The lowest BCUT2D eigenvalue weighted by atomic mass is 9.97. The summed E-state index contributed by atoms with van der Waals surface area (Å²) in [4.78, 5) is 6.42. The fourth-order valence-electron chi connectivity index (χ4n) is 5.43. The van der Waals surface area contributed by atoms with Gasteiger partial charge < -0.3 is 20.7 Å². The van der Waals surface area contributed by atoms with E-state index in [2.05, 4.69) is 10.3 Å². The van der Waals surface area contributed by atoms with E-state index in [0.717, 1.165) is 32.1 Å². The van der Waals surface area contributed by atoms with E-state index < -0.39 is 28.1 Å². The summed E-state index contributed by atoms with van der Waals surface area (Å²) in [6, 6.07) is 8.18. The molecule has 0 unspecified atom stereocenters. The third-order valence-corrected chi connectivity index (χ3v) is 8.95. The molecule has 210 valence electrons. The molecule has 1 aliphatic carbocycles. The van der Waals surface area contributed by atoms with E-state index in [1.807, 2.05) is 11.0 Å². The molecule has 0 radical (unpaired) electrons. The molecule has 1 atom stereocenters. The molecule has 2 aliphatic rings. The molecule has 8 nitrogen and oxygen atoms in total. The number of sulfonamides is 1. The molecule has 1 aromatic carbocycles. The monoisotopic (exact) mass is 555 g/mol. The summed E-state index contributed by atoms with van der Waals surface area (Å²) in [7, 11) is -3.81. The van der Waals surface area contributed by atoms with Gasteiger partial charge in [-0.2, -0.15) is 17.5 Å². The van der Waals surface area contributed by atoms with Gasteiger partial charge in [0.25, 0.3) is 0 Å². The van der Waals surface area contributed by atoms with Crippen LogP contribution in [0.25, 0.3) is 0 Å². The fraction of sp³-hybridized carbons (Fsp3) is 0.577. The maximum atomic E-state index is 13.8. The van der Waals surface area contributed by atoms with E-state index in [4.69, 9.17) is 10.5 Å². The Hall–Kier alpha value is -2.57. The maximum absolute atomic E-state index is 13.8. The zero-order valence-electron chi connectivity index (χ0n) is 21.6. The molecule has 0 amide bonds. The number of nitrogen functional groups attached to an aromatic ring is 1. The number of nitrogens with one attached hydrogen (secondary N) is 1. The highest BCUT2D eigenvalue weighted by atomic mass is 32.2. The van der Waals surface area contributed by atoms with E-state index >= 15 is 0 Å². The number of halogens is 3. The number of benzene rings is 1. The Morgan fingerprint density at radius 2 is 1.95 bits per heavy atom. The summed E-state index contributed by atoms with van der Waals surface area (Å²) in [6.07, 6.45) is 7.45. The van der Waals surface area contributed by atoms with Gasteiger partial charge >= 0.3 is 15.5 Å². The maximum Gasteiger partial charge on any atom is 0.511 e. The molecule has 12 heteroatoms. The number of nitrogens with two attached hydrogens (primary N) is 1. The average Bonchev–Trinajstić information content (AvgIpc) is 3.33. The standard InChI is InChI=1S/C26H36F3N5O3S/c1-31-13-14-37-25-8-4-7-24-23(25)18-33(38(35,36)26(27,28)29)17-22(10-9-19-5-2-3-6-19)34(24)16-21-15-20(30)11-12-32-21/h4,7-8,11-12,15,19,22,31H,2-3,5-6,9-10,13-14,16-18H2,1H3,(H2,30,32)/t22-/m0/s1. The lowest BCUT2D eigenvalue weighted by molar-refractivity contribution is -0.0492. The molecule has 2 aromatic rings. The summed E-state index contributed by atoms with van der Waals surface area (Å²) in [5.41, 5.74) is 2.81. The molecule has 2 heterocycles. The van der Waals surface area contributed by atoms with Crippen LogP contribution in [0.1, 0.15) is 49.8 Å². The quantitative estimate of drug-likeness (QED) is 0.422. The number of likely N-dealkylation sites (N-methyl/N-ethyl adjacent to an activating group) is 1. The van der Waals surface area contributed by atoms with Crippen LogP contribution >= 0.6 is 0 Å². The fourth-order valence-corrected chi connectivity index (χ4v) is 6.39. The van der Waals surface area contributed by atoms with Gasteiger partial charge in [-0.05, 0) is 50.1 Å². The van der Waals surface area contributed by atoms with E-state index in [1.54, 1.807) is 37.5 Å². The van der Waals surface area contributed by atoms with Crippen LogP contribution in [0.4, 0.5) is 24.5 Å². The number of alkyl halides is 3. The molecule has 38 heavy (non-hydrogen) atoms. The highest BCUT2D eigenvalue weighted by molar-refractivity contribution is 7.89. The number of fused-ring (bicyclic) bond motifs is 1. The van der Waals surface area contributed by atoms with Crippen molar-refractivity contribution in [2.24, 2.45) is 5.92 Å². The van der Waals surface area contributed by atoms with Crippen LogP contribution in [0.2, 0.25) is 0 Å². The van der Waals surface area contributed by atoms with Crippen LogP contribution in [0.15, 0.2) is 36.5 Å². The first kappa shape index (κ1) is 28.4. The second-order valence-corrected chi connectivity index (χ2v) is 12.0. The summed E-state index contributed by atoms with van der Waals surface area (Å²) in [6.45, 7) is 0.346. The first-order valence-electron chi connectivity index (χ1n) is 13.0. The molecule has 4 rings (SSSR count). The number of anilines is 2. The Labute approximate surface area is 222 Å². The number of nitrogens with zero attached hydrogens (tertiary/aromatic N) is 3. The Morgan fingerprint density at radius 1 is 1.18 bits per heavy atom. The van der Waals surface area contributed by atoms with Crippen molar-refractivity contribution in [2.75, 3.05) is 37.4 Å². The molecule has 3 N–H and O–H groups in total. The first-order valence-corrected chi connectivity index (χ1v) is 14.5. The Balaban J connectivity index is 1.79. The number of hydrogen-bond donors (Lipinski definition) is 2. The molecular weight excluding hydrogens is 519 g/mol. The van der Waals surface area contributed by atoms with E-state index in [-0.39, 0.29) is 19.7 Å². The lowest BCUT2D eigenvalue weighted by Crippen LogP contribution is -2.47. The third kappa shape index (κ3) is 6.52. The molecule has 0 saturated heterocycles. The van der Waals surface area contributed by atoms with Crippen molar-refractivity contribution in [3.63, 3.8) is 0 Å². The van der Waals surface area contributed by atoms with E-state index in [1.165, 1.54) is 0 Å². The van der Waals surface area contributed by atoms with Gasteiger partial charge in [0.15, 0.2) is 0 Å². The second kappa shape index (κ2) is 12.1. The zero-order chi connectivity index (χ0) is 27.3. The van der Waals surface area contributed by atoms with Crippen molar-refractivity contribution in [1.82, 2.24) is 14.6 Å². The minimum Gasteiger partial charge on any atom is -0.492 e. The number of ether oxygens (including phenoxy) is 1. The minimum atomic E-state index is -5.58. The molecule has 1 aromatic heterocycles. The van der Waals surface area contributed by atoms with Crippen LogP contribution in [0.3, 0.4) is 0 Å². The minimum absolute atomic E-state index is 0.271. The predicted molar refractivity (Wildman–Crippen MR) is 141 cm³/mol. The van der Waals surface area contributed by atoms with Gasteiger partial charge in [-0.1, -0.05) is 31.7 Å². The van der Waals surface area contributed by atoms with Crippen LogP contribution in [0, 0.1) is 5.92 Å². The van der Waals surface area contributed by atoms with Crippen molar-refractivity contribution in [2.45, 2.75) is 63.2 Å². The van der Waals surface area contributed by atoms with Gasteiger partial charge in [0.1, 0.15) is 12.4 Å². The first-order chi connectivity index (χ1) is 18.1. The van der Waals surface area contributed by atoms with Crippen molar-refractivity contribution >= 4 is 21.4 Å². The van der Waals surface area contributed by atoms with Crippen LogP contribution in [-0.2, 0) is 23.1 Å². The molecule has 1 aliphatic heterocycles. The number of hydrogen-bond acceptors (Lipinski definition) is 7.